The lowest BCUT2D eigenvalue weighted by Gasteiger charge is -2.38. The molecule has 2 aliphatic rings. The van der Waals surface area contributed by atoms with Crippen molar-refractivity contribution in [3.8, 4) is 0 Å². The normalized spacial score (nSPS) is 21.8. The molecule has 0 spiro atoms. The number of nitrogens with one attached hydrogen (secondary N) is 1. The van der Waals surface area contributed by atoms with Gasteiger partial charge in [-0.05, 0) is 25.7 Å². The van der Waals surface area contributed by atoms with E-state index in [1.807, 2.05) is 0 Å². The number of methoxy groups -OCH3 is 1. The van der Waals surface area contributed by atoms with Crippen LogP contribution in [0.3, 0.4) is 0 Å². The maximum absolute atomic E-state index is 12.5. The second-order valence-electron chi connectivity index (χ2n) is 5.99. The van der Waals surface area contributed by atoms with Gasteiger partial charge in [-0.1, -0.05) is 6.42 Å². The van der Waals surface area contributed by atoms with Crippen LogP contribution in [0.4, 0.5) is 4.79 Å². The van der Waals surface area contributed by atoms with Gasteiger partial charge in [0.15, 0.2) is 5.72 Å². The van der Waals surface area contributed by atoms with E-state index in [1.165, 1.54) is 7.11 Å². The molecule has 2 amide bonds. The van der Waals surface area contributed by atoms with Crippen LogP contribution >= 0.6 is 0 Å². The summed E-state index contributed by atoms with van der Waals surface area (Å²) < 4.78 is 9.89. The second-order valence-corrected chi connectivity index (χ2v) is 5.99. The fourth-order valence-electron chi connectivity index (χ4n) is 3.27. The molecule has 1 saturated carbocycles. The molecule has 1 saturated heterocycles. The van der Waals surface area contributed by atoms with E-state index in [4.69, 9.17) is 4.74 Å². The van der Waals surface area contributed by atoms with E-state index >= 15 is 0 Å². The Morgan fingerprint density at radius 3 is 2.36 bits per heavy atom. The zero-order valence-electron chi connectivity index (χ0n) is 13.0. The topological polar surface area (TPSA) is 84.9 Å². The zero-order valence-corrected chi connectivity index (χ0v) is 13.0. The first-order valence-corrected chi connectivity index (χ1v) is 7.86. The van der Waals surface area contributed by atoms with Crippen LogP contribution < -0.4 is 5.32 Å². The molecule has 7 nitrogen and oxygen atoms in total. The van der Waals surface area contributed by atoms with Gasteiger partial charge in [-0.2, -0.15) is 0 Å². The number of nitrogens with zero attached hydrogens (tertiary/aromatic N) is 1. The molecule has 22 heavy (non-hydrogen) atoms. The van der Waals surface area contributed by atoms with Crippen molar-refractivity contribution in [2.75, 3.05) is 20.2 Å². The number of hydrogen-bond donors (Lipinski definition) is 1. The fourth-order valence-corrected chi connectivity index (χ4v) is 3.27. The molecule has 0 atom stereocenters. The third-order valence-electron chi connectivity index (χ3n) is 4.58. The number of carbonyl (C=O) groups excluding carboxylic acids is 3. The van der Waals surface area contributed by atoms with E-state index < -0.39 is 5.72 Å². The molecule has 0 radical (unpaired) electrons. The summed E-state index contributed by atoms with van der Waals surface area (Å²) in [4.78, 5) is 36.2. The second kappa shape index (κ2) is 7.47. The van der Waals surface area contributed by atoms with Crippen molar-refractivity contribution in [1.82, 2.24) is 10.2 Å². The minimum absolute atomic E-state index is 0.0896. The number of rotatable bonds is 4. The van der Waals surface area contributed by atoms with Crippen LogP contribution in [0.2, 0.25) is 0 Å². The molecule has 0 aromatic carbocycles. The van der Waals surface area contributed by atoms with Crippen molar-refractivity contribution in [3.63, 3.8) is 0 Å². The average Bonchev–Trinajstić information content (AvgIpc) is 2.55. The van der Waals surface area contributed by atoms with Gasteiger partial charge in [0.1, 0.15) is 0 Å². The Morgan fingerprint density at radius 2 is 1.82 bits per heavy atom. The summed E-state index contributed by atoms with van der Waals surface area (Å²) in [6.07, 6.45) is 5.14. The van der Waals surface area contributed by atoms with Crippen molar-refractivity contribution in [2.24, 2.45) is 5.92 Å². The molecule has 0 aromatic heterocycles. The summed E-state index contributed by atoms with van der Waals surface area (Å²) in [5.41, 5.74) is -0.837. The van der Waals surface area contributed by atoms with Crippen molar-refractivity contribution in [3.05, 3.63) is 0 Å². The third kappa shape index (κ3) is 3.90. The molecule has 7 heteroatoms. The maximum atomic E-state index is 12.5. The van der Waals surface area contributed by atoms with Gasteiger partial charge in [0.05, 0.1) is 7.11 Å². The van der Waals surface area contributed by atoms with E-state index in [0.717, 1.165) is 19.3 Å². The number of ether oxygens (including phenoxy) is 2. The summed E-state index contributed by atoms with van der Waals surface area (Å²) in [5.74, 6) is -0.247. The Balaban J connectivity index is 1.89. The maximum Gasteiger partial charge on any atom is 0.409 e. The molecule has 0 unspecified atom stereocenters. The lowest BCUT2D eigenvalue weighted by Crippen LogP contribution is -2.54. The lowest BCUT2D eigenvalue weighted by atomic mass is 9.89. The largest absolute Gasteiger partial charge is 0.453 e. The third-order valence-corrected chi connectivity index (χ3v) is 4.58. The first kappa shape index (κ1) is 16.6. The molecular weight excluding hydrogens is 288 g/mol. The van der Waals surface area contributed by atoms with Gasteiger partial charge in [-0.15, -0.1) is 0 Å². The highest BCUT2D eigenvalue weighted by atomic mass is 16.6. The average molecular weight is 312 g/mol. The van der Waals surface area contributed by atoms with Crippen LogP contribution in [0.25, 0.3) is 0 Å². The minimum Gasteiger partial charge on any atom is -0.453 e. The van der Waals surface area contributed by atoms with E-state index in [2.05, 4.69) is 10.1 Å². The van der Waals surface area contributed by atoms with E-state index in [0.29, 0.717) is 45.2 Å². The molecule has 1 N–H and O–H groups in total. The predicted molar refractivity (Wildman–Crippen MR) is 77.8 cm³/mol. The number of piperidine rings is 1. The smallest absolute Gasteiger partial charge is 0.409 e. The number of likely N-dealkylation sites (tertiary alicyclic amines) is 1. The molecule has 1 aliphatic heterocycles. The highest BCUT2D eigenvalue weighted by Gasteiger charge is 2.38. The van der Waals surface area contributed by atoms with Gasteiger partial charge >= 0.3 is 6.09 Å². The molecule has 0 bridgehead atoms. The Bertz CT molecular complexity index is 412. The van der Waals surface area contributed by atoms with Gasteiger partial charge in [0.2, 0.25) is 5.91 Å². The Hall–Kier alpha value is -1.79. The Morgan fingerprint density at radius 1 is 1.18 bits per heavy atom. The van der Waals surface area contributed by atoms with Crippen LogP contribution in [0.5, 0.6) is 0 Å². The van der Waals surface area contributed by atoms with E-state index in [-0.39, 0.29) is 17.9 Å². The highest BCUT2D eigenvalue weighted by molar-refractivity contribution is 5.80. The number of amides is 2. The van der Waals surface area contributed by atoms with Gasteiger partial charge in [-0.3, -0.25) is 9.59 Å². The predicted octanol–water partition coefficient (Wildman–Crippen LogP) is 1.41. The quantitative estimate of drug-likeness (QED) is 0.627. The molecule has 124 valence electrons. The van der Waals surface area contributed by atoms with Crippen molar-refractivity contribution in [1.29, 1.82) is 0 Å². The van der Waals surface area contributed by atoms with Crippen molar-refractivity contribution in [2.45, 2.75) is 50.7 Å². The first-order chi connectivity index (χ1) is 10.6. The summed E-state index contributed by atoms with van der Waals surface area (Å²) in [6.45, 7) is 1.43. The van der Waals surface area contributed by atoms with Crippen molar-refractivity contribution >= 4 is 18.5 Å². The first-order valence-electron chi connectivity index (χ1n) is 7.86. The van der Waals surface area contributed by atoms with Crippen LogP contribution in [-0.2, 0) is 19.1 Å². The minimum atomic E-state index is -0.837. The molecule has 2 fully saturated rings. The summed E-state index contributed by atoms with van der Waals surface area (Å²) >= 11 is 0. The van der Waals surface area contributed by atoms with E-state index in [1.54, 1.807) is 4.90 Å². The highest BCUT2D eigenvalue weighted by Crippen LogP contribution is 2.30. The number of carbonyl (C=O) groups is 3. The van der Waals surface area contributed by atoms with E-state index in [9.17, 15) is 14.4 Å². The molecule has 2 rings (SSSR count). The fraction of sp³-hybridized carbons (Fsp3) is 0.800. The summed E-state index contributed by atoms with van der Waals surface area (Å²) in [5, 5.41) is 2.93. The zero-order chi connectivity index (χ0) is 16.0. The lowest BCUT2D eigenvalue weighted by molar-refractivity contribution is -0.157. The van der Waals surface area contributed by atoms with Crippen molar-refractivity contribution < 1.29 is 23.9 Å². The van der Waals surface area contributed by atoms with Crippen LogP contribution in [0, 0.1) is 5.92 Å². The van der Waals surface area contributed by atoms with Gasteiger partial charge < -0.3 is 19.7 Å². The van der Waals surface area contributed by atoms with Crippen LogP contribution in [0.15, 0.2) is 0 Å². The monoisotopic (exact) mass is 312 g/mol. The molecule has 1 aliphatic carbocycles. The van der Waals surface area contributed by atoms with Gasteiger partial charge in [0.25, 0.3) is 6.47 Å². The number of hydrogen-bond acceptors (Lipinski definition) is 5. The standard InChI is InChI=1S/C15H24N2O5/c1-21-14(20)17-9-5-12(6-10-17)13(19)16-15(22-11-18)7-3-2-4-8-15/h11-12H,2-10H2,1H3,(H,16,19). The molecule has 1 heterocycles. The van der Waals surface area contributed by atoms with Crippen LogP contribution in [0.1, 0.15) is 44.9 Å². The van der Waals surface area contributed by atoms with Gasteiger partial charge in [0, 0.05) is 31.8 Å². The SMILES string of the molecule is COC(=O)N1CCC(C(=O)NC2(OC=O)CCCCC2)CC1. The van der Waals surface area contributed by atoms with Gasteiger partial charge in [-0.25, -0.2) is 4.79 Å². The Kier molecular flexibility index (Phi) is 5.63. The summed E-state index contributed by atoms with van der Waals surface area (Å²) in [6, 6.07) is 0. The molecular formula is C15H24N2O5. The Labute approximate surface area is 130 Å². The van der Waals surface area contributed by atoms with Crippen LogP contribution in [-0.4, -0.2) is 49.3 Å². The molecule has 0 aromatic rings. The summed E-state index contributed by atoms with van der Waals surface area (Å²) in [7, 11) is 1.35.